The van der Waals surface area contributed by atoms with Gasteiger partial charge in [-0.2, -0.15) is 0 Å². The van der Waals surface area contributed by atoms with E-state index in [-0.39, 0.29) is 5.57 Å². The number of ether oxygens (including phenoxy) is 2. The Hall–Kier alpha value is -3.13. The number of nitrogens with one attached hydrogen (secondary N) is 2. The van der Waals surface area contributed by atoms with Gasteiger partial charge in [-0.05, 0) is 30.3 Å². The SMILES string of the molecule is CC1(C)OC(=O)C(=CNc2cccc(-c3nc4ccc(Br)cc4[nH]3)c2)C(=O)O1. The number of imidazole rings is 1. The molecule has 1 aliphatic rings. The number of carbonyl (C=O) groups is 2. The number of cyclic esters (lactones) is 2. The van der Waals surface area contributed by atoms with Crippen LogP contribution in [0.1, 0.15) is 13.8 Å². The standard InChI is InChI=1S/C20H16BrN3O4/c1-20(2)27-18(25)14(19(26)28-20)10-22-13-5-3-4-11(8-13)17-23-15-7-6-12(21)9-16(15)24-17/h3-10,22H,1-2H3,(H,23,24). The molecule has 7 nitrogen and oxygen atoms in total. The van der Waals surface area contributed by atoms with Crippen molar-refractivity contribution in [3.05, 3.63) is 58.7 Å². The Kier molecular flexibility index (Phi) is 4.43. The molecule has 0 bridgehead atoms. The van der Waals surface area contributed by atoms with Crippen LogP contribution < -0.4 is 5.32 Å². The average Bonchev–Trinajstić information content (AvgIpc) is 3.03. The first-order valence-corrected chi connectivity index (χ1v) is 9.29. The highest BCUT2D eigenvalue weighted by molar-refractivity contribution is 9.10. The summed E-state index contributed by atoms with van der Waals surface area (Å²) in [6.07, 6.45) is 1.29. The van der Waals surface area contributed by atoms with Crippen molar-refractivity contribution in [1.82, 2.24) is 9.97 Å². The summed E-state index contributed by atoms with van der Waals surface area (Å²) in [6.45, 7) is 3.00. The smallest absolute Gasteiger partial charge is 0.350 e. The largest absolute Gasteiger partial charge is 0.419 e. The fourth-order valence-corrected chi connectivity index (χ4v) is 3.17. The summed E-state index contributed by atoms with van der Waals surface area (Å²) in [4.78, 5) is 31.9. The minimum Gasteiger partial charge on any atom is -0.419 e. The molecule has 1 fully saturated rings. The van der Waals surface area contributed by atoms with E-state index in [2.05, 4.69) is 31.2 Å². The van der Waals surface area contributed by atoms with Gasteiger partial charge < -0.3 is 19.8 Å². The summed E-state index contributed by atoms with van der Waals surface area (Å²) in [5.41, 5.74) is 3.11. The molecular formula is C20H16BrN3O4. The monoisotopic (exact) mass is 441 g/mol. The Morgan fingerprint density at radius 2 is 1.86 bits per heavy atom. The van der Waals surface area contributed by atoms with Gasteiger partial charge in [0.2, 0.25) is 0 Å². The Morgan fingerprint density at radius 1 is 1.11 bits per heavy atom. The maximum Gasteiger partial charge on any atom is 0.350 e. The molecule has 0 radical (unpaired) electrons. The van der Waals surface area contributed by atoms with E-state index in [4.69, 9.17) is 9.47 Å². The zero-order valence-electron chi connectivity index (χ0n) is 15.1. The predicted octanol–water partition coefficient (Wildman–Crippen LogP) is 4.12. The number of hydrogen-bond donors (Lipinski definition) is 2. The lowest BCUT2D eigenvalue weighted by Gasteiger charge is -2.29. The van der Waals surface area contributed by atoms with Crippen molar-refractivity contribution in [3.63, 3.8) is 0 Å². The topological polar surface area (TPSA) is 93.3 Å². The van der Waals surface area contributed by atoms with E-state index >= 15 is 0 Å². The molecule has 1 aromatic heterocycles. The van der Waals surface area contributed by atoms with E-state index in [1.165, 1.54) is 20.0 Å². The van der Waals surface area contributed by atoms with Crippen LogP contribution in [-0.4, -0.2) is 27.7 Å². The number of H-pyrrole nitrogens is 1. The number of rotatable bonds is 3. The van der Waals surface area contributed by atoms with E-state index in [0.717, 1.165) is 21.1 Å². The quantitative estimate of drug-likeness (QED) is 0.360. The summed E-state index contributed by atoms with van der Waals surface area (Å²) in [7, 11) is 0. The number of esters is 2. The number of carbonyl (C=O) groups excluding carboxylic acids is 2. The number of benzene rings is 2. The van der Waals surface area contributed by atoms with Crippen molar-refractivity contribution in [2.75, 3.05) is 5.32 Å². The summed E-state index contributed by atoms with van der Waals surface area (Å²) < 4.78 is 11.1. The lowest BCUT2D eigenvalue weighted by Crippen LogP contribution is -2.42. The van der Waals surface area contributed by atoms with Crippen LogP contribution in [0.4, 0.5) is 5.69 Å². The summed E-state index contributed by atoms with van der Waals surface area (Å²) in [5.74, 6) is -2.01. The summed E-state index contributed by atoms with van der Waals surface area (Å²) in [6, 6.07) is 13.2. The van der Waals surface area contributed by atoms with Gasteiger partial charge in [0.1, 0.15) is 5.82 Å². The molecule has 28 heavy (non-hydrogen) atoms. The number of aromatic amines is 1. The van der Waals surface area contributed by atoms with Crippen LogP contribution in [0.25, 0.3) is 22.4 Å². The summed E-state index contributed by atoms with van der Waals surface area (Å²) >= 11 is 3.44. The third-order valence-electron chi connectivity index (χ3n) is 4.08. The number of halogens is 1. The van der Waals surface area contributed by atoms with Crippen LogP contribution in [0.3, 0.4) is 0 Å². The van der Waals surface area contributed by atoms with Gasteiger partial charge >= 0.3 is 11.9 Å². The summed E-state index contributed by atoms with van der Waals surface area (Å²) in [5, 5.41) is 2.94. The van der Waals surface area contributed by atoms with Crippen molar-refractivity contribution in [2.24, 2.45) is 0 Å². The molecule has 2 aromatic carbocycles. The first-order chi connectivity index (χ1) is 13.3. The van der Waals surface area contributed by atoms with Gasteiger partial charge in [-0.1, -0.05) is 28.1 Å². The van der Waals surface area contributed by atoms with Crippen LogP contribution >= 0.6 is 15.9 Å². The lowest BCUT2D eigenvalue weighted by molar-refractivity contribution is -0.222. The molecule has 0 aliphatic carbocycles. The maximum absolute atomic E-state index is 12.0. The Morgan fingerprint density at radius 3 is 2.61 bits per heavy atom. The van der Waals surface area contributed by atoms with Crippen LogP contribution in [0.15, 0.2) is 58.7 Å². The molecule has 0 unspecified atom stereocenters. The molecule has 4 rings (SSSR count). The van der Waals surface area contributed by atoms with Gasteiger partial charge in [-0.15, -0.1) is 0 Å². The molecule has 0 atom stereocenters. The highest BCUT2D eigenvalue weighted by Gasteiger charge is 2.38. The van der Waals surface area contributed by atoms with Crippen molar-refractivity contribution in [2.45, 2.75) is 19.6 Å². The van der Waals surface area contributed by atoms with Gasteiger partial charge in [0.05, 0.1) is 11.0 Å². The maximum atomic E-state index is 12.0. The first kappa shape index (κ1) is 18.2. The first-order valence-electron chi connectivity index (χ1n) is 8.50. The van der Waals surface area contributed by atoms with Gasteiger partial charge in [0, 0.05) is 35.8 Å². The van der Waals surface area contributed by atoms with Gasteiger partial charge in [-0.25, -0.2) is 14.6 Å². The fourth-order valence-electron chi connectivity index (χ4n) is 2.81. The third-order valence-corrected chi connectivity index (χ3v) is 4.57. The van der Waals surface area contributed by atoms with Crippen molar-refractivity contribution >= 4 is 44.6 Å². The molecule has 0 amide bonds. The average molecular weight is 442 g/mol. The van der Waals surface area contributed by atoms with E-state index < -0.39 is 17.7 Å². The molecular weight excluding hydrogens is 426 g/mol. The van der Waals surface area contributed by atoms with Crippen molar-refractivity contribution in [3.8, 4) is 11.4 Å². The molecule has 3 aromatic rings. The van der Waals surface area contributed by atoms with Crippen LogP contribution in [0.2, 0.25) is 0 Å². The number of hydrogen-bond acceptors (Lipinski definition) is 6. The van der Waals surface area contributed by atoms with Crippen LogP contribution in [0, 0.1) is 0 Å². The Labute approximate surface area is 168 Å². The highest BCUT2D eigenvalue weighted by atomic mass is 79.9. The number of aromatic nitrogens is 2. The molecule has 1 aliphatic heterocycles. The van der Waals surface area contributed by atoms with Crippen molar-refractivity contribution in [1.29, 1.82) is 0 Å². The van der Waals surface area contributed by atoms with Gasteiger partial charge in [-0.3, -0.25) is 0 Å². The second-order valence-corrected chi connectivity index (χ2v) is 7.62. The van der Waals surface area contributed by atoms with E-state index in [0.29, 0.717) is 11.5 Å². The predicted molar refractivity (Wildman–Crippen MR) is 107 cm³/mol. The molecule has 0 spiro atoms. The molecule has 2 heterocycles. The molecule has 0 saturated carbocycles. The molecule has 8 heteroatoms. The molecule has 142 valence electrons. The van der Waals surface area contributed by atoms with E-state index in [9.17, 15) is 9.59 Å². The number of fused-ring (bicyclic) bond motifs is 1. The second kappa shape index (κ2) is 6.79. The van der Waals surface area contributed by atoms with E-state index in [1.54, 1.807) is 0 Å². The third kappa shape index (κ3) is 3.63. The number of nitrogens with zero attached hydrogens (tertiary/aromatic N) is 1. The molecule has 2 N–H and O–H groups in total. The van der Waals surface area contributed by atoms with Crippen molar-refractivity contribution < 1.29 is 19.1 Å². The Balaban J connectivity index is 1.59. The minimum atomic E-state index is -1.26. The normalized spacial score (nSPS) is 15.9. The van der Waals surface area contributed by atoms with Crippen LogP contribution in [0.5, 0.6) is 0 Å². The number of anilines is 1. The van der Waals surface area contributed by atoms with Crippen LogP contribution in [-0.2, 0) is 19.1 Å². The fraction of sp³-hybridized carbons (Fsp3) is 0.150. The van der Waals surface area contributed by atoms with Gasteiger partial charge in [0.15, 0.2) is 5.57 Å². The molecule has 1 saturated heterocycles. The zero-order chi connectivity index (χ0) is 19.9. The highest BCUT2D eigenvalue weighted by Crippen LogP contribution is 2.26. The lowest BCUT2D eigenvalue weighted by atomic mass is 10.2. The second-order valence-electron chi connectivity index (χ2n) is 6.71. The Bertz CT molecular complexity index is 1110. The minimum absolute atomic E-state index is 0.196. The zero-order valence-corrected chi connectivity index (χ0v) is 16.7. The van der Waals surface area contributed by atoms with Gasteiger partial charge in [0.25, 0.3) is 5.79 Å². The van der Waals surface area contributed by atoms with E-state index in [1.807, 2.05) is 42.5 Å².